The van der Waals surface area contributed by atoms with Crippen LogP contribution in [0.4, 0.5) is 0 Å². The number of fused-ring (bicyclic) bond motifs is 1. The molecule has 0 aromatic carbocycles. The van der Waals surface area contributed by atoms with Crippen molar-refractivity contribution in [2.24, 2.45) is 7.05 Å². The third kappa shape index (κ3) is 2.46. The predicted molar refractivity (Wildman–Crippen MR) is 89.5 cm³/mol. The molecule has 4 heterocycles. The molecular formula is C17H20N6O. The molecule has 124 valence electrons. The van der Waals surface area contributed by atoms with Gasteiger partial charge in [-0.05, 0) is 32.3 Å². The lowest BCUT2D eigenvalue weighted by Crippen LogP contribution is -2.38. The third-order valence-electron chi connectivity index (χ3n) is 4.72. The highest BCUT2D eigenvalue weighted by Gasteiger charge is 2.29. The maximum atomic E-state index is 13.1. The summed E-state index contributed by atoms with van der Waals surface area (Å²) in [6.07, 6.45) is 8.61. The Kier molecular flexibility index (Phi) is 3.55. The zero-order valence-corrected chi connectivity index (χ0v) is 13.9. The molecule has 4 rings (SSSR count). The number of aromatic nitrogens is 5. The molecule has 1 fully saturated rings. The average Bonchev–Trinajstić information content (AvgIpc) is 3.20. The predicted octanol–water partition coefficient (Wildman–Crippen LogP) is 2.37. The Labute approximate surface area is 139 Å². The molecule has 1 N–H and O–H groups in total. The number of pyridine rings is 1. The number of hydrogen-bond donors (Lipinski definition) is 1. The maximum absolute atomic E-state index is 13.1. The van der Waals surface area contributed by atoms with E-state index in [1.165, 1.54) is 0 Å². The lowest BCUT2D eigenvalue weighted by atomic mass is 9.96. The highest BCUT2D eigenvalue weighted by atomic mass is 16.2. The van der Waals surface area contributed by atoms with Crippen LogP contribution in [0.2, 0.25) is 0 Å². The molecule has 3 aromatic heterocycles. The van der Waals surface area contributed by atoms with Gasteiger partial charge in [0, 0.05) is 42.6 Å². The molecule has 1 unspecified atom stereocenters. The van der Waals surface area contributed by atoms with Crippen molar-refractivity contribution in [1.29, 1.82) is 0 Å². The van der Waals surface area contributed by atoms with Gasteiger partial charge in [-0.1, -0.05) is 0 Å². The van der Waals surface area contributed by atoms with E-state index in [2.05, 4.69) is 20.3 Å². The molecular weight excluding hydrogens is 304 g/mol. The summed E-state index contributed by atoms with van der Waals surface area (Å²) in [5.74, 6) is 0.0264. The van der Waals surface area contributed by atoms with Gasteiger partial charge in [0.1, 0.15) is 0 Å². The molecule has 1 amide bonds. The minimum absolute atomic E-state index is 0.0264. The van der Waals surface area contributed by atoms with Crippen molar-refractivity contribution in [3.63, 3.8) is 0 Å². The first-order valence-electron chi connectivity index (χ1n) is 8.24. The van der Waals surface area contributed by atoms with Gasteiger partial charge in [0.25, 0.3) is 5.91 Å². The quantitative estimate of drug-likeness (QED) is 0.785. The van der Waals surface area contributed by atoms with Crippen LogP contribution in [-0.2, 0) is 7.05 Å². The van der Waals surface area contributed by atoms with Gasteiger partial charge in [-0.3, -0.25) is 14.6 Å². The van der Waals surface area contributed by atoms with Gasteiger partial charge in [0.15, 0.2) is 5.65 Å². The van der Waals surface area contributed by atoms with Crippen LogP contribution in [0, 0.1) is 6.92 Å². The van der Waals surface area contributed by atoms with Crippen LogP contribution in [0.15, 0.2) is 24.7 Å². The van der Waals surface area contributed by atoms with Gasteiger partial charge in [-0.2, -0.15) is 10.2 Å². The number of H-pyrrole nitrogens is 1. The summed E-state index contributed by atoms with van der Waals surface area (Å²) < 4.78 is 1.79. The summed E-state index contributed by atoms with van der Waals surface area (Å²) in [7, 11) is 1.90. The molecule has 1 saturated heterocycles. The number of carbonyl (C=O) groups excluding carboxylic acids is 1. The molecule has 24 heavy (non-hydrogen) atoms. The van der Waals surface area contributed by atoms with Crippen molar-refractivity contribution in [1.82, 2.24) is 29.9 Å². The van der Waals surface area contributed by atoms with Gasteiger partial charge in [-0.25, -0.2) is 4.98 Å². The number of carbonyl (C=O) groups is 1. The van der Waals surface area contributed by atoms with Crippen LogP contribution >= 0.6 is 0 Å². The number of likely N-dealkylation sites (tertiary alicyclic amines) is 1. The molecule has 0 radical (unpaired) electrons. The van der Waals surface area contributed by atoms with E-state index >= 15 is 0 Å². The van der Waals surface area contributed by atoms with Crippen molar-refractivity contribution in [3.05, 3.63) is 41.5 Å². The summed E-state index contributed by atoms with van der Waals surface area (Å²) in [6, 6.07) is 1.97. The second kappa shape index (κ2) is 5.74. The molecule has 0 saturated carbocycles. The standard InChI is InChI=1S/C17H20N6O/c1-11-14-7-12(8-18-16(14)21-20-11)17(24)23-6-4-3-5-15(23)13-9-19-22(2)10-13/h7-10,15H,3-6H2,1-2H3,(H,18,20,21). The fourth-order valence-electron chi connectivity index (χ4n) is 3.44. The smallest absolute Gasteiger partial charge is 0.255 e. The largest absolute Gasteiger partial charge is 0.331 e. The third-order valence-corrected chi connectivity index (χ3v) is 4.72. The van der Waals surface area contributed by atoms with Crippen molar-refractivity contribution < 1.29 is 4.79 Å². The first-order valence-corrected chi connectivity index (χ1v) is 8.24. The van der Waals surface area contributed by atoms with Gasteiger partial charge in [-0.15, -0.1) is 0 Å². The second-order valence-electron chi connectivity index (χ2n) is 6.40. The average molecular weight is 324 g/mol. The van der Waals surface area contributed by atoms with Gasteiger partial charge in [0.05, 0.1) is 17.8 Å². The fraction of sp³-hybridized carbons (Fsp3) is 0.412. The first-order chi connectivity index (χ1) is 11.6. The molecule has 7 nitrogen and oxygen atoms in total. The van der Waals surface area contributed by atoms with E-state index in [0.717, 1.165) is 42.5 Å². The second-order valence-corrected chi connectivity index (χ2v) is 6.40. The number of aromatic amines is 1. The molecule has 0 bridgehead atoms. The number of aryl methyl sites for hydroxylation is 2. The topological polar surface area (TPSA) is 79.7 Å². The van der Waals surface area contributed by atoms with Crippen molar-refractivity contribution in [2.75, 3.05) is 6.54 Å². The van der Waals surface area contributed by atoms with E-state index in [0.29, 0.717) is 11.2 Å². The van der Waals surface area contributed by atoms with Gasteiger partial charge < -0.3 is 4.90 Å². The van der Waals surface area contributed by atoms with E-state index in [-0.39, 0.29) is 11.9 Å². The Hall–Kier alpha value is -2.70. The minimum Gasteiger partial charge on any atom is -0.331 e. The van der Waals surface area contributed by atoms with Crippen LogP contribution in [-0.4, -0.2) is 42.3 Å². The van der Waals surface area contributed by atoms with Gasteiger partial charge in [0.2, 0.25) is 0 Å². The molecule has 0 aliphatic carbocycles. The van der Waals surface area contributed by atoms with Gasteiger partial charge >= 0.3 is 0 Å². The van der Waals surface area contributed by atoms with Crippen LogP contribution in [0.25, 0.3) is 11.0 Å². The normalized spacial score (nSPS) is 18.2. The molecule has 1 aliphatic heterocycles. The summed E-state index contributed by atoms with van der Waals surface area (Å²) in [5, 5.41) is 12.2. The molecule has 1 aliphatic rings. The minimum atomic E-state index is 0.0264. The summed E-state index contributed by atoms with van der Waals surface area (Å²) >= 11 is 0. The maximum Gasteiger partial charge on any atom is 0.255 e. The number of nitrogens with one attached hydrogen (secondary N) is 1. The molecule has 3 aromatic rings. The number of amides is 1. The summed E-state index contributed by atoms with van der Waals surface area (Å²) in [6.45, 7) is 2.70. The van der Waals surface area contributed by atoms with Crippen molar-refractivity contribution >= 4 is 16.9 Å². The van der Waals surface area contributed by atoms with Crippen LogP contribution < -0.4 is 0 Å². The zero-order valence-electron chi connectivity index (χ0n) is 13.9. The number of rotatable bonds is 2. The Morgan fingerprint density at radius 3 is 3.00 bits per heavy atom. The van der Waals surface area contributed by atoms with E-state index in [4.69, 9.17) is 0 Å². The first kappa shape index (κ1) is 14.9. The van der Waals surface area contributed by atoms with Crippen molar-refractivity contribution in [3.8, 4) is 0 Å². The highest BCUT2D eigenvalue weighted by Crippen LogP contribution is 2.32. The zero-order chi connectivity index (χ0) is 16.7. The number of piperidine rings is 1. The summed E-state index contributed by atoms with van der Waals surface area (Å²) in [4.78, 5) is 19.4. The van der Waals surface area contributed by atoms with Crippen LogP contribution in [0.3, 0.4) is 0 Å². The Morgan fingerprint density at radius 2 is 2.21 bits per heavy atom. The number of hydrogen-bond acceptors (Lipinski definition) is 4. The lowest BCUT2D eigenvalue weighted by Gasteiger charge is -2.35. The Morgan fingerprint density at radius 1 is 1.33 bits per heavy atom. The van der Waals surface area contributed by atoms with Crippen LogP contribution in [0.1, 0.15) is 46.9 Å². The summed E-state index contributed by atoms with van der Waals surface area (Å²) in [5.41, 5.74) is 3.28. The Balaban J connectivity index is 1.68. The molecule has 7 heteroatoms. The molecule has 1 atom stereocenters. The van der Waals surface area contributed by atoms with E-state index < -0.39 is 0 Å². The van der Waals surface area contributed by atoms with E-state index in [9.17, 15) is 4.79 Å². The van der Waals surface area contributed by atoms with Crippen molar-refractivity contribution in [2.45, 2.75) is 32.2 Å². The highest BCUT2D eigenvalue weighted by molar-refractivity contribution is 5.97. The fourth-order valence-corrected chi connectivity index (χ4v) is 3.44. The molecule has 0 spiro atoms. The van der Waals surface area contributed by atoms with E-state index in [1.807, 2.05) is 37.3 Å². The van der Waals surface area contributed by atoms with E-state index in [1.54, 1.807) is 10.9 Å². The lowest BCUT2D eigenvalue weighted by molar-refractivity contribution is 0.0611. The number of nitrogens with zero attached hydrogens (tertiary/aromatic N) is 5. The Bertz CT molecular complexity index is 896. The van der Waals surface area contributed by atoms with Crippen LogP contribution in [0.5, 0.6) is 0 Å². The SMILES string of the molecule is Cc1[nH]nc2ncc(C(=O)N3CCCCC3c3cnn(C)c3)cc12. The monoisotopic (exact) mass is 324 g/mol.